The number of H-pyrrole nitrogens is 1. The van der Waals surface area contributed by atoms with Crippen molar-refractivity contribution in [2.45, 2.75) is 18.9 Å². The summed E-state index contributed by atoms with van der Waals surface area (Å²) in [5, 5.41) is 10.5. The average molecular weight is 261 g/mol. The standard InChI is InChI=1S/C13H15N3OS/c1-8-4-6-10(7-5-8)14-12(17)11-9(2)15-16-13(11)18-3/h4-7H,1-3H3,(H,14,17)(H,15,16). The number of aryl methyl sites for hydroxylation is 2. The lowest BCUT2D eigenvalue weighted by Gasteiger charge is -2.05. The van der Waals surface area contributed by atoms with Gasteiger partial charge in [-0.15, -0.1) is 11.8 Å². The zero-order valence-corrected chi connectivity index (χ0v) is 11.4. The third-order valence-corrected chi connectivity index (χ3v) is 3.33. The van der Waals surface area contributed by atoms with E-state index in [9.17, 15) is 4.79 Å². The Kier molecular flexibility index (Phi) is 3.72. The van der Waals surface area contributed by atoms with E-state index in [0.717, 1.165) is 22.0 Å². The van der Waals surface area contributed by atoms with Crippen LogP contribution >= 0.6 is 11.8 Å². The highest BCUT2D eigenvalue weighted by atomic mass is 32.2. The van der Waals surface area contributed by atoms with Crippen LogP contribution in [0.4, 0.5) is 5.69 Å². The Morgan fingerprint density at radius 3 is 2.56 bits per heavy atom. The Morgan fingerprint density at radius 1 is 1.28 bits per heavy atom. The van der Waals surface area contributed by atoms with Crippen LogP contribution in [0, 0.1) is 13.8 Å². The number of aromatic nitrogens is 2. The van der Waals surface area contributed by atoms with Crippen LogP contribution in [-0.4, -0.2) is 22.4 Å². The number of thioether (sulfide) groups is 1. The van der Waals surface area contributed by atoms with Crippen LogP contribution in [0.15, 0.2) is 29.3 Å². The number of carbonyl (C=O) groups excluding carboxylic acids is 1. The maximum Gasteiger partial charge on any atom is 0.260 e. The molecular formula is C13H15N3OS. The lowest BCUT2D eigenvalue weighted by molar-refractivity contribution is 0.102. The maximum atomic E-state index is 12.2. The second kappa shape index (κ2) is 5.27. The van der Waals surface area contributed by atoms with Gasteiger partial charge in [0, 0.05) is 11.4 Å². The summed E-state index contributed by atoms with van der Waals surface area (Å²) in [4.78, 5) is 12.2. The lowest BCUT2D eigenvalue weighted by atomic mass is 10.2. The monoisotopic (exact) mass is 261 g/mol. The topological polar surface area (TPSA) is 57.8 Å². The number of aromatic amines is 1. The van der Waals surface area contributed by atoms with Gasteiger partial charge in [0.25, 0.3) is 5.91 Å². The predicted octanol–water partition coefficient (Wildman–Crippen LogP) is 3.00. The first-order chi connectivity index (χ1) is 8.61. The maximum absolute atomic E-state index is 12.2. The molecule has 18 heavy (non-hydrogen) atoms. The van der Waals surface area contributed by atoms with Gasteiger partial charge in [0.2, 0.25) is 0 Å². The third kappa shape index (κ3) is 2.56. The number of carbonyl (C=O) groups is 1. The van der Waals surface area contributed by atoms with Crippen LogP contribution in [0.25, 0.3) is 0 Å². The zero-order chi connectivity index (χ0) is 13.1. The minimum absolute atomic E-state index is 0.130. The summed E-state index contributed by atoms with van der Waals surface area (Å²) in [7, 11) is 0. The van der Waals surface area contributed by atoms with Crippen LogP contribution in [0.2, 0.25) is 0 Å². The van der Waals surface area contributed by atoms with Crippen LogP contribution in [0.5, 0.6) is 0 Å². The number of amides is 1. The van der Waals surface area contributed by atoms with Crippen molar-refractivity contribution in [3.05, 3.63) is 41.1 Å². The summed E-state index contributed by atoms with van der Waals surface area (Å²) in [6, 6.07) is 7.71. The normalized spacial score (nSPS) is 10.4. The van der Waals surface area contributed by atoms with Crippen LogP contribution in [0.1, 0.15) is 21.6 Å². The second-order valence-corrected chi connectivity index (χ2v) is 4.85. The molecule has 1 aromatic carbocycles. The summed E-state index contributed by atoms with van der Waals surface area (Å²) >= 11 is 1.45. The van der Waals surface area contributed by atoms with Gasteiger partial charge in [-0.1, -0.05) is 17.7 Å². The Morgan fingerprint density at radius 2 is 1.94 bits per heavy atom. The van der Waals surface area contributed by atoms with Gasteiger partial charge >= 0.3 is 0 Å². The van der Waals surface area contributed by atoms with E-state index in [1.807, 2.05) is 44.4 Å². The van der Waals surface area contributed by atoms with Crippen molar-refractivity contribution in [3.8, 4) is 0 Å². The Bertz CT molecular complexity index is 560. The molecule has 0 spiro atoms. The molecule has 0 aliphatic carbocycles. The largest absolute Gasteiger partial charge is 0.322 e. The van der Waals surface area contributed by atoms with E-state index in [-0.39, 0.29) is 5.91 Å². The van der Waals surface area contributed by atoms with Gasteiger partial charge in [0.05, 0.1) is 5.56 Å². The molecule has 1 amide bonds. The number of hydrogen-bond acceptors (Lipinski definition) is 3. The fourth-order valence-corrected chi connectivity index (χ4v) is 2.24. The first-order valence-corrected chi connectivity index (χ1v) is 6.81. The van der Waals surface area contributed by atoms with Gasteiger partial charge in [0.15, 0.2) is 0 Å². The molecule has 94 valence electrons. The smallest absolute Gasteiger partial charge is 0.260 e. The van der Waals surface area contributed by atoms with Crippen molar-refractivity contribution in [2.24, 2.45) is 0 Å². The van der Waals surface area contributed by atoms with E-state index < -0.39 is 0 Å². The molecule has 1 heterocycles. The number of anilines is 1. The lowest BCUT2D eigenvalue weighted by Crippen LogP contribution is -2.13. The summed E-state index contributed by atoms with van der Waals surface area (Å²) in [6.45, 7) is 3.86. The van der Waals surface area contributed by atoms with Gasteiger partial charge in [-0.3, -0.25) is 9.89 Å². The number of rotatable bonds is 3. The molecule has 0 aliphatic rings. The molecule has 5 heteroatoms. The second-order valence-electron chi connectivity index (χ2n) is 4.05. The van der Waals surface area contributed by atoms with Crippen LogP contribution in [-0.2, 0) is 0 Å². The Labute approximate surface area is 110 Å². The molecular weight excluding hydrogens is 246 g/mol. The summed E-state index contributed by atoms with van der Waals surface area (Å²) < 4.78 is 0. The minimum atomic E-state index is -0.130. The van der Waals surface area contributed by atoms with Crippen molar-refractivity contribution in [2.75, 3.05) is 11.6 Å². The van der Waals surface area contributed by atoms with Gasteiger partial charge in [-0.2, -0.15) is 5.10 Å². The molecule has 0 saturated heterocycles. The van der Waals surface area contributed by atoms with E-state index in [2.05, 4.69) is 15.5 Å². The predicted molar refractivity (Wildman–Crippen MR) is 74.2 cm³/mol. The molecule has 0 aliphatic heterocycles. The van der Waals surface area contributed by atoms with Gasteiger partial charge in [-0.25, -0.2) is 0 Å². The van der Waals surface area contributed by atoms with Gasteiger partial charge in [-0.05, 0) is 32.2 Å². The van der Waals surface area contributed by atoms with Crippen molar-refractivity contribution in [3.63, 3.8) is 0 Å². The van der Waals surface area contributed by atoms with Gasteiger partial charge in [0.1, 0.15) is 5.03 Å². The van der Waals surface area contributed by atoms with E-state index in [0.29, 0.717) is 5.56 Å². The van der Waals surface area contributed by atoms with Crippen molar-refractivity contribution in [1.29, 1.82) is 0 Å². The number of nitrogens with zero attached hydrogens (tertiary/aromatic N) is 1. The third-order valence-electron chi connectivity index (χ3n) is 2.64. The highest BCUT2D eigenvalue weighted by Crippen LogP contribution is 2.21. The molecule has 0 fully saturated rings. The number of benzene rings is 1. The highest BCUT2D eigenvalue weighted by molar-refractivity contribution is 7.98. The molecule has 1 aromatic heterocycles. The molecule has 2 rings (SSSR count). The fraction of sp³-hybridized carbons (Fsp3) is 0.231. The molecule has 0 atom stereocenters. The SMILES string of the molecule is CSc1n[nH]c(C)c1C(=O)Nc1ccc(C)cc1. The number of nitrogens with one attached hydrogen (secondary N) is 2. The summed E-state index contributed by atoms with van der Waals surface area (Å²) in [5.74, 6) is -0.130. The molecule has 0 radical (unpaired) electrons. The molecule has 4 nitrogen and oxygen atoms in total. The van der Waals surface area contributed by atoms with Crippen molar-refractivity contribution < 1.29 is 4.79 Å². The molecule has 2 aromatic rings. The van der Waals surface area contributed by atoms with Crippen LogP contribution in [0.3, 0.4) is 0 Å². The molecule has 0 saturated carbocycles. The van der Waals surface area contributed by atoms with E-state index in [4.69, 9.17) is 0 Å². The molecule has 0 bridgehead atoms. The van der Waals surface area contributed by atoms with Crippen molar-refractivity contribution in [1.82, 2.24) is 10.2 Å². The molecule has 0 unspecified atom stereocenters. The quantitative estimate of drug-likeness (QED) is 0.835. The Hall–Kier alpha value is -1.75. The first kappa shape index (κ1) is 12.7. The van der Waals surface area contributed by atoms with E-state index in [1.165, 1.54) is 11.8 Å². The van der Waals surface area contributed by atoms with E-state index in [1.54, 1.807) is 0 Å². The number of hydrogen-bond donors (Lipinski definition) is 2. The van der Waals surface area contributed by atoms with E-state index >= 15 is 0 Å². The van der Waals surface area contributed by atoms with Gasteiger partial charge < -0.3 is 5.32 Å². The molecule has 2 N–H and O–H groups in total. The summed E-state index contributed by atoms with van der Waals surface area (Å²) in [5.41, 5.74) is 3.35. The van der Waals surface area contributed by atoms with Crippen molar-refractivity contribution >= 4 is 23.4 Å². The summed E-state index contributed by atoms with van der Waals surface area (Å²) in [6.07, 6.45) is 1.90. The fourth-order valence-electron chi connectivity index (χ4n) is 1.65. The minimum Gasteiger partial charge on any atom is -0.322 e. The first-order valence-electron chi connectivity index (χ1n) is 5.59. The average Bonchev–Trinajstić information content (AvgIpc) is 2.73. The highest BCUT2D eigenvalue weighted by Gasteiger charge is 2.17. The van der Waals surface area contributed by atoms with Crippen LogP contribution < -0.4 is 5.32 Å². The Balaban J connectivity index is 2.21. The zero-order valence-electron chi connectivity index (χ0n) is 10.6.